The summed E-state index contributed by atoms with van der Waals surface area (Å²) in [6, 6.07) is 0. The highest BCUT2D eigenvalue weighted by atomic mass is 14.8. The topological polar surface area (TPSA) is 48.2 Å². The average Bonchev–Trinajstić information content (AvgIpc) is 1.95. The molecule has 0 radical (unpaired) electrons. The van der Waals surface area contributed by atoms with E-state index in [1.54, 1.807) is 25.5 Å². The van der Waals surface area contributed by atoms with Gasteiger partial charge in [0.2, 0.25) is 0 Å². The molecule has 0 bridgehead atoms. The number of hydrogen-bond acceptors (Lipinski definition) is 3. The summed E-state index contributed by atoms with van der Waals surface area (Å²) in [6.45, 7) is 1.92. The molecule has 1 rings (SSSR count). The fourth-order valence-electron chi connectivity index (χ4n) is 0.832. The van der Waals surface area contributed by atoms with Gasteiger partial charge in [0.25, 0.3) is 0 Å². The Hall–Kier alpha value is -1.38. The summed E-state index contributed by atoms with van der Waals surface area (Å²) in [5.41, 5.74) is 2.15. The van der Waals surface area contributed by atoms with Gasteiger partial charge in [-0.3, -0.25) is 10.4 Å². The second-order valence-corrected chi connectivity index (χ2v) is 2.38. The predicted molar refractivity (Wildman–Crippen MR) is 47.1 cm³/mol. The van der Waals surface area contributed by atoms with Crippen molar-refractivity contribution in [3.05, 3.63) is 23.5 Å². The average molecular weight is 149 g/mol. The Labute approximate surface area is 66.0 Å². The van der Waals surface area contributed by atoms with E-state index in [2.05, 4.69) is 10.3 Å². The minimum atomic E-state index is 0.458. The van der Waals surface area contributed by atoms with Crippen molar-refractivity contribution in [1.29, 1.82) is 5.41 Å². The lowest BCUT2D eigenvalue weighted by Crippen LogP contribution is -2.06. The number of dihydropyridines is 1. The van der Waals surface area contributed by atoms with E-state index in [1.165, 1.54) is 0 Å². The number of allylic oxidation sites excluding steroid dienone is 2. The largest absolute Gasteiger partial charge is 0.392 e. The molecule has 0 aromatic rings. The monoisotopic (exact) mass is 149 g/mol. The van der Waals surface area contributed by atoms with Gasteiger partial charge in [0.1, 0.15) is 5.70 Å². The molecule has 2 N–H and O–H groups in total. The first-order valence-electron chi connectivity index (χ1n) is 3.43. The van der Waals surface area contributed by atoms with Gasteiger partial charge in [-0.05, 0) is 18.6 Å². The highest BCUT2D eigenvalue weighted by Crippen LogP contribution is 2.06. The minimum absolute atomic E-state index is 0.458. The van der Waals surface area contributed by atoms with Gasteiger partial charge < -0.3 is 5.32 Å². The molecule has 0 aromatic carbocycles. The summed E-state index contributed by atoms with van der Waals surface area (Å²) in [7, 11) is 1.79. The second kappa shape index (κ2) is 3.14. The van der Waals surface area contributed by atoms with Gasteiger partial charge in [0.15, 0.2) is 0 Å². The van der Waals surface area contributed by atoms with Crippen molar-refractivity contribution in [2.45, 2.75) is 6.92 Å². The standard InChI is InChI=1S/C8H11N3/c1-6-3-7(9)8(5-10-2)11-4-6/h3-5,9-10H,1-2H3/b8-5+,9-7?. The zero-order valence-corrected chi connectivity index (χ0v) is 6.68. The fraction of sp³-hybridized carbons (Fsp3) is 0.250. The number of nitrogens with zero attached hydrogens (tertiary/aromatic N) is 1. The maximum atomic E-state index is 7.48. The fourth-order valence-corrected chi connectivity index (χ4v) is 0.832. The van der Waals surface area contributed by atoms with Crippen LogP contribution in [-0.2, 0) is 0 Å². The Bertz CT molecular complexity index is 259. The van der Waals surface area contributed by atoms with Crippen molar-refractivity contribution >= 4 is 11.9 Å². The molecule has 1 aliphatic heterocycles. The summed E-state index contributed by atoms with van der Waals surface area (Å²) in [6.07, 6.45) is 5.25. The molecular weight excluding hydrogens is 138 g/mol. The van der Waals surface area contributed by atoms with Crippen LogP contribution in [0, 0.1) is 5.41 Å². The number of nitrogens with one attached hydrogen (secondary N) is 2. The van der Waals surface area contributed by atoms with E-state index >= 15 is 0 Å². The normalized spacial score (nSPS) is 20.4. The van der Waals surface area contributed by atoms with Gasteiger partial charge in [-0.25, -0.2) is 0 Å². The molecule has 0 unspecified atom stereocenters. The van der Waals surface area contributed by atoms with Gasteiger partial charge in [0, 0.05) is 19.5 Å². The lowest BCUT2D eigenvalue weighted by Gasteiger charge is -2.05. The van der Waals surface area contributed by atoms with Crippen molar-refractivity contribution in [2.75, 3.05) is 7.05 Å². The molecule has 0 aromatic heterocycles. The van der Waals surface area contributed by atoms with Crippen LogP contribution in [0.2, 0.25) is 0 Å². The van der Waals surface area contributed by atoms with Crippen molar-refractivity contribution in [2.24, 2.45) is 4.99 Å². The van der Waals surface area contributed by atoms with Crippen LogP contribution >= 0.6 is 0 Å². The molecule has 1 heterocycles. The summed E-state index contributed by atoms with van der Waals surface area (Å²) < 4.78 is 0. The third-order valence-electron chi connectivity index (χ3n) is 1.34. The molecule has 0 amide bonds. The summed E-state index contributed by atoms with van der Waals surface area (Å²) in [5.74, 6) is 0. The first kappa shape index (κ1) is 7.72. The lowest BCUT2D eigenvalue weighted by molar-refractivity contribution is 1.08. The molecule has 58 valence electrons. The van der Waals surface area contributed by atoms with Gasteiger partial charge in [-0.1, -0.05) is 0 Å². The highest BCUT2D eigenvalue weighted by molar-refractivity contribution is 6.12. The van der Waals surface area contributed by atoms with E-state index in [9.17, 15) is 0 Å². The Kier molecular flexibility index (Phi) is 2.21. The molecule has 3 nitrogen and oxygen atoms in total. The van der Waals surface area contributed by atoms with Crippen LogP contribution in [0.1, 0.15) is 6.92 Å². The van der Waals surface area contributed by atoms with Gasteiger partial charge in [0.05, 0.1) is 5.71 Å². The summed E-state index contributed by atoms with van der Waals surface area (Å²) in [5, 5.41) is 10.3. The van der Waals surface area contributed by atoms with E-state index in [-0.39, 0.29) is 0 Å². The van der Waals surface area contributed by atoms with Crippen molar-refractivity contribution in [3.8, 4) is 0 Å². The third-order valence-corrected chi connectivity index (χ3v) is 1.34. The molecule has 1 aliphatic rings. The Morgan fingerprint density at radius 2 is 2.36 bits per heavy atom. The zero-order chi connectivity index (χ0) is 8.27. The zero-order valence-electron chi connectivity index (χ0n) is 6.68. The lowest BCUT2D eigenvalue weighted by atomic mass is 10.1. The summed E-state index contributed by atoms with van der Waals surface area (Å²) >= 11 is 0. The smallest absolute Gasteiger partial charge is 0.103 e. The maximum absolute atomic E-state index is 7.48. The number of hydrogen-bond donors (Lipinski definition) is 2. The Morgan fingerprint density at radius 1 is 1.64 bits per heavy atom. The number of aliphatic imine (C=N–C) groups is 1. The molecule has 0 spiro atoms. The van der Waals surface area contributed by atoms with Crippen LogP contribution in [0.4, 0.5) is 0 Å². The van der Waals surface area contributed by atoms with Crippen LogP contribution in [-0.4, -0.2) is 19.0 Å². The molecule has 0 atom stereocenters. The first-order valence-corrected chi connectivity index (χ1v) is 3.43. The van der Waals surface area contributed by atoms with Crippen molar-refractivity contribution < 1.29 is 0 Å². The first-order chi connectivity index (χ1) is 5.24. The third kappa shape index (κ3) is 1.77. The molecule has 0 saturated heterocycles. The Morgan fingerprint density at radius 3 is 2.91 bits per heavy atom. The van der Waals surface area contributed by atoms with Crippen molar-refractivity contribution in [1.82, 2.24) is 5.32 Å². The Balaban J connectivity index is 2.86. The second-order valence-electron chi connectivity index (χ2n) is 2.38. The van der Waals surface area contributed by atoms with Gasteiger partial charge in [-0.2, -0.15) is 0 Å². The number of rotatable bonds is 1. The molecule has 0 fully saturated rings. The van der Waals surface area contributed by atoms with E-state index in [1.807, 2.05) is 6.92 Å². The van der Waals surface area contributed by atoms with E-state index < -0.39 is 0 Å². The van der Waals surface area contributed by atoms with Crippen LogP contribution in [0.5, 0.6) is 0 Å². The van der Waals surface area contributed by atoms with Gasteiger partial charge in [-0.15, -0.1) is 0 Å². The maximum Gasteiger partial charge on any atom is 0.103 e. The predicted octanol–water partition coefficient (Wildman–Crippen LogP) is 1.10. The molecule has 11 heavy (non-hydrogen) atoms. The van der Waals surface area contributed by atoms with E-state index in [0.717, 1.165) is 5.57 Å². The van der Waals surface area contributed by atoms with Crippen LogP contribution in [0.3, 0.4) is 0 Å². The van der Waals surface area contributed by atoms with E-state index in [0.29, 0.717) is 11.4 Å². The van der Waals surface area contributed by atoms with E-state index in [4.69, 9.17) is 5.41 Å². The molecule has 0 aliphatic carbocycles. The highest BCUT2D eigenvalue weighted by Gasteiger charge is 2.04. The van der Waals surface area contributed by atoms with Crippen molar-refractivity contribution in [3.63, 3.8) is 0 Å². The molecule has 0 saturated carbocycles. The van der Waals surface area contributed by atoms with Crippen LogP contribution < -0.4 is 5.32 Å². The molecule has 3 heteroatoms. The minimum Gasteiger partial charge on any atom is -0.392 e. The van der Waals surface area contributed by atoms with Gasteiger partial charge >= 0.3 is 0 Å². The SMILES string of the molecule is CN/C=C1/N=CC(C)=CC1=N. The molecular formula is C8H11N3. The van der Waals surface area contributed by atoms with Crippen LogP contribution in [0.15, 0.2) is 28.5 Å². The summed E-state index contributed by atoms with van der Waals surface area (Å²) in [4.78, 5) is 4.06. The van der Waals surface area contributed by atoms with Crippen LogP contribution in [0.25, 0.3) is 0 Å². The quantitative estimate of drug-likeness (QED) is 0.576.